The van der Waals surface area contributed by atoms with E-state index in [0.29, 0.717) is 13.0 Å². The summed E-state index contributed by atoms with van der Waals surface area (Å²) < 4.78 is 5.86. The number of para-hydroxylation sites is 1. The van der Waals surface area contributed by atoms with Crippen molar-refractivity contribution in [3.8, 4) is 0 Å². The van der Waals surface area contributed by atoms with Crippen LogP contribution in [0.3, 0.4) is 0 Å². The Balaban J connectivity index is 1.75. The van der Waals surface area contributed by atoms with Gasteiger partial charge in [0.1, 0.15) is 6.04 Å². The third-order valence-electron chi connectivity index (χ3n) is 4.79. The quantitative estimate of drug-likeness (QED) is 0.493. The lowest BCUT2D eigenvalue weighted by molar-refractivity contribution is -0.384. The molecule has 0 aliphatic carbocycles. The van der Waals surface area contributed by atoms with Crippen LogP contribution in [0.2, 0.25) is 0 Å². The monoisotopic (exact) mass is 324 g/mol. The van der Waals surface area contributed by atoms with Crippen LogP contribution in [-0.2, 0) is 9.53 Å². The van der Waals surface area contributed by atoms with E-state index in [-0.39, 0.29) is 17.6 Å². The number of non-ortho nitro benzene ring substituents is 1. The molecule has 0 unspecified atom stereocenters. The van der Waals surface area contributed by atoms with Crippen LogP contribution in [0, 0.1) is 10.1 Å². The van der Waals surface area contributed by atoms with Gasteiger partial charge in [-0.3, -0.25) is 19.8 Å². The predicted molar refractivity (Wildman–Crippen MR) is 87.7 cm³/mol. The average Bonchev–Trinajstić information content (AvgIpc) is 3.12. The standard InChI is InChI=1S/C18H16N2O4/c21-17-18(11-4-12-24-18)16(19(17)14-5-2-1-3-6-14)13-7-9-15(10-8-13)20(22)23/h1-3,5-10,16H,4,11-12H2/t16-,18+/m0/s1. The fraction of sp³-hybridized carbons (Fsp3) is 0.278. The van der Waals surface area contributed by atoms with Crippen LogP contribution in [0.15, 0.2) is 54.6 Å². The highest BCUT2D eigenvalue weighted by Crippen LogP contribution is 2.53. The number of nitro groups is 1. The normalized spacial score (nSPS) is 25.8. The van der Waals surface area contributed by atoms with Crippen LogP contribution in [0.25, 0.3) is 0 Å². The van der Waals surface area contributed by atoms with E-state index in [2.05, 4.69) is 0 Å². The number of rotatable bonds is 3. The average molecular weight is 324 g/mol. The third-order valence-corrected chi connectivity index (χ3v) is 4.79. The second-order valence-electron chi connectivity index (χ2n) is 6.10. The molecule has 2 fully saturated rings. The number of anilines is 1. The second kappa shape index (κ2) is 5.42. The first-order valence-corrected chi connectivity index (χ1v) is 7.90. The van der Waals surface area contributed by atoms with E-state index < -0.39 is 10.5 Å². The van der Waals surface area contributed by atoms with Crippen molar-refractivity contribution in [2.45, 2.75) is 24.5 Å². The van der Waals surface area contributed by atoms with Gasteiger partial charge in [-0.15, -0.1) is 0 Å². The number of hydrogen-bond donors (Lipinski definition) is 0. The van der Waals surface area contributed by atoms with Crippen LogP contribution in [-0.4, -0.2) is 23.0 Å². The van der Waals surface area contributed by atoms with E-state index in [4.69, 9.17) is 4.74 Å². The lowest BCUT2D eigenvalue weighted by Crippen LogP contribution is -2.68. The lowest BCUT2D eigenvalue weighted by Gasteiger charge is -2.53. The smallest absolute Gasteiger partial charge is 0.269 e. The van der Waals surface area contributed by atoms with Crippen molar-refractivity contribution in [1.82, 2.24) is 0 Å². The van der Waals surface area contributed by atoms with Gasteiger partial charge in [0.05, 0.1) is 4.92 Å². The molecule has 0 N–H and O–H groups in total. The lowest BCUT2D eigenvalue weighted by atomic mass is 9.75. The van der Waals surface area contributed by atoms with E-state index in [9.17, 15) is 14.9 Å². The summed E-state index contributed by atoms with van der Waals surface area (Å²) in [4.78, 5) is 25.0. The largest absolute Gasteiger partial charge is 0.363 e. The van der Waals surface area contributed by atoms with Gasteiger partial charge in [-0.1, -0.05) is 18.2 Å². The molecule has 122 valence electrons. The molecule has 2 aromatic rings. The molecule has 2 atom stereocenters. The Morgan fingerprint density at radius 1 is 1.12 bits per heavy atom. The number of carbonyl (C=O) groups excluding carboxylic acids is 1. The summed E-state index contributed by atoms with van der Waals surface area (Å²) in [6.07, 6.45) is 1.52. The zero-order chi connectivity index (χ0) is 16.7. The Hall–Kier alpha value is -2.73. The molecule has 0 saturated carbocycles. The minimum absolute atomic E-state index is 0.0328. The predicted octanol–water partition coefficient (Wildman–Crippen LogP) is 3.23. The van der Waals surface area contributed by atoms with Crippen molar-refractivity contribution in [2.24, 2.45) is 0 Å². The highest BCUT2D eigenvalue weighted by Gasteiger charge is 2.64. The molecule has 6 nitrogen and oxygen atoms in total. The van der Waals surface area contributed by atoms with Gasteiger partial charge in [0, 0.05) is 24.4 Å². The Bertz CT molecular complexity index is 782. The summed E-state index contributed by atoms with van der Waals surface area (Å²) in [5.41, 5.74) is 0.876. The van der Waals surface area contributed by atoms with Crippen molar-refractivity contribution in [2.75, 3.05) is 11.5 Å². The number of benzene rings is 2. The van der Waals surface area contributed by atoms with Crippen LogP contribution >= 0.6 is 0 Å². The minimum Gasteiger partial charge on any atom is -0.363 e. The van der Waals surface area contributed by atoms with Crippen LogP contribution in [0.1, 0.15) is 24.4 Å². The zero-order valence-electron chi connectivity index (χ0n) is 12.9. The summed E-state index contributed by atoms with van der Waals surface area (Å²) in [7, 11) is 0. The van der Waals surface area contributed by atoms with Crippen LogP contribution in [0.5, 0.6) is 0 Å². The highest BCUT2D eigenvalue weighted by atomic mass is 16.6. The van der Waals surface area contributed by atoms with Gasteiger partial charge in [0.25, 0.3) is 11.6 Å². The van der Waals surface area contributed by atoms with Crippen LogP contribution in [0.4, 0.5) is 11.4 Å². The zero-order valence-corrected chi connectivity index (χ0v) is 12.9. The van der Waals surface area contributed by atoms with Crippen molar-refractivity contribution >= 4 is 17.3 Å². The Morgan fingerprint density at radius 3 is 2.42 bits per heavy atom. The summed E-state index contributed by atoms with van der Waals surface area (Å²) in [5.74, 6) is -0.0328. The topological polar surface area (TPSA) is 72.7 Å². The van der Waals surface area contributed by atoms with Gasteiger partial charge in [-0.25, -0.2) is 0 Å². The molecular weight excluding hydrogens is 308 g/mol. The van der Waals surface area contributed by atoms with E-state index in [1.807, 2.05) is 30.3 Å². The molecule has 0 radical (unpaired) electrons. The first-order chi connectivity index (χ1) is 11.6. The van der Waals surface area contributed by atoms with E-state index >= 15 is 0 Å². The summed E-state index contributed by atoms with van der Waals surface area (Å²) >= 11 is 0. The number of hydrogen-bond acceptors (Lipinski definition) is 4. The van der Waals surface area contributed by atoms with Gasteiger partial charge in [0.2, 0.25) is 0 Å². The summed E-state index contributed by atoms with van der Waals surface area (Å²) in [6.45, 7) is 0.567. The van der Waals surface area contributed by atoms with E-state index in [1.54, 1.807) is 17.0 Å². The van der Waals surface area contributed by atoms with Crippen molar-refractivity contribution < 1.29 is 14.5 Å². The molecule has 0 aromatic heterocycles. The van der Waals surface area contributed by atoms with Crippen molar-refractivity contribution in [1.29, 1.82) is 0 Å². The number of ether oxygens (including phenoxy) is 1. The molecule has 2 aromatic carbocycles. The third kappa shape index (κ3) is 2.03. The number of β-lactam (4-membered cyclic amide) rings is 1. The maximum Gasteiger partial charge on any atom is 0.269 e. The first kappa shape index (κ1) is 14.8. The molecule has 24 heavy (non-hydrogen) atoms. The summed E-state index contributed by atoms with van der Waals surface area (Å²) in [6, 6.07) is 15.6. The molecule has 2 saturated heterocycles. The van der Waals surface area contributed by atoms with E-state index in [0.717, 1.165) is 17.7 Å². The second-order valence-corrected chi connectivity index (χ2v) is 6.10. The van der Waals surface area contributed by atoms with Gasteiger partial charge in [0.15, 0.2) is 5.60 Å². The molecule has 2 heterocycles. The Labute approximate surface area is 138 Å². The van der Waals surface area contributed by atoms with E-state index in [1.165, 1.54) is 12.1 Å². The molecular formula is C18H16N2O4. The number of amides is 1. The van der Waals surface area contributed by atoms with Gasteiger partial charge in [-0.2, -0.15) is 0 Å². The Kier molecular flexibility index (Phi) is 3.35. The van der Waals surface area contributed by atoms with Gasteiger partial charge in [-0.05, 0) is 42.7 Å². The maximum absolute atomic E-state index is 12.8. The molecule has 2 aliphatic heterocycles. The van der Waals surface area contributed by atoms with Crippen molar-refractivity contribution in [3.05, 3.63) is 70.3 Å². The fourth-order valence-corrected chi connectivity index (χ4v) is 3.68. The fourth-order valence-electron chi connectivity index (χ4n) is 3.68. The summed E-state index contributed by atoms with van der Waals surface area (Å²) in [5, 5.41) is 10.9. The number of nitrogens with zero attached hydrogens (tertiary/aromatic N) is 2. The van der Waals surface area contributed by atoms with Gasteiger partial charge < -0.3 is 4.74 Å². The maximum atomic E-state index is 12.8. The highest BCUT2D eigenvalue weighted by molar-refractivity contribution is 6.08. The van der Waals surface area contributed by atoms with Crippen molar-refractivity contribution in [3.63, 3.8) is 0 Å². The first-order valence-electron chi connectivity index (χ1n) is 7.90. The van der Waals surface area contributed by atoms with Crippen LogP contribution < -0.4 is 4.90 Å². The molecule has 1 amide bonds. The number of carbonyl (C=O) groups is 1. The molecule has 6 heteroatoms. The number of nitro benzene ring substituents is 1. The SMILES string of the molecule is O=C1N(c2ccccc2)[C@@H](c2ccc([N+](=O)[O-])cc2)[C@]12CCCO2. The Morgan fingerprint density at radius 2 is 1.83 bits per heavy atom. The molecule has 0 bridgehead atoms. The van der Waals surface area contributed by atoms with Gasteiger partial charge >= 0.3 is 0 Å². The molecule has 2 aliphatic rings. The molecule has 1 spiro atoms. The minimum atomic E-state index is -0.827. The molecule has 4 rings (SSSR count).